The van der Waals surface area contributed by atoms with Gasteiger partial charge in [-0.3, -0.25) is 4.48 Å². The Morgan fingerprint density at radius 2 is 1.15 bits per heavy atom. The first kappa shape index (κ1) is 17.8. The van der Waals surface area contributed by atoms with Crippen LogP contribution >= 0.6 is 0 Å². The first-order valence-electron chi connectivity index (χ1n) is 5.47. The van der Waals surface area contributed by atoms with E-state index in [1.807, 2.05) is 0 Å². The van der Waals surface area contributed by atoms with Crippen LogP contribution in [0.25, 0.3) is 0 Å². The van der Waals surface area contributed by atoms with E-state index in [-0.39, 0.29) is 13.2 Å². The third-order valence-corrected chi connectivity index (χ3v) is 2.35. The number of rotatable bonds is 11. The van der Waals surface area contributed by atoms with Gasteiger partial charge < -0.3 is 25.2 Å². The first-order chi connectivity index (χ1) is 9.17. The average Bonchev–Trinajstić information content (AvgIpc) is 2.20. The van der Waals surface area contributed by atoms with Gasteiger partial charge in [0.25, 0.3) is 0 Å². The number of carboxylic acid groups (broad SMARTS) is 4. The van der Waals surface area contributed by atoms with Crippen LogP contribution in [-0.4, -0.2) is 88.2 Å². The molecule has 0 aromatic carbocycles. The van der Waals surface area contributed by atoms with Crippen LogP contribution < -0.4 is 0 Å². The second-order valence-electron chi connectivity index (χ2n) is 4.17. The molecule has 20 heavy (non-hydrogen) atoms. The summed E-state index contributed by atoms with van der Waals surface area (Å²) in [5.41, 5.74) is 0. The van der Waals surface area contributed by atoms with Gasteiger partial charge >= 0.3 is 23.9 Å². The topological polar surface area (TPSA) is 158 Å². The molecule has 0 unspecified atom stereocenters. The molecule has 0 radical (unpaired) electrons. The van der Waals surface area contributed by atoms with Crippen LogP contribution in [-0.2, 0) is 23.9 Å². The molecule has 10 nitrogen and oxygen atoms in total. The van der Waals surface area contributed by atoms with Crippen molar-refractivity contribution in [3.63, 3.8) is 0 Å². The summed E-state index contributed by atoms with van der Waals surface area (Å²) in [6.45, 7) is -3.27. The molecule has 0 saturated heterocycles. The second kappa shape index (κ2) is 8.07. The third-order valence-electron chi connectivity index (χ3n) is 2.35. The standard InChI is InChI=1S/C10H15NO9/c12-7(13)3-11(4-8(14)15,5-9(16)17)1-2-20-6-10(18)19/h1-6H2,(H3-,12,13,14,15,16,17,18,19)/p+1. The Labute approximate surface area is 113 Å². The van der Waals surface area contributed by atoms with E-state index in [4.69, 9.17) is 25.2 Å². The number of aliphatic carboxylic acids is 4. The van der Waals surface area contributed by atoms with Crippen LogP contribution in [0, 0.1) is 0 Å². The van der Waals surface area contributed by atoms with Crippen molar-refractivity contribution in [3.05, 3.63) is 0 Å². The Morgan fingerprint density at radius 1 is 0.750 bits per heavy atom. The van der Waals surface area contributed by atoms with E-state index in [1.165, 1.54) is 0 Å². The zero-order valence-corrected chi connectivity index (χ0v) is 10.5. The highest BCUT2D eigenvalue weighted by atomic mass is 16.5. The molecule has 0 rings (SSSR count). The van der Waals surface area contributed by atoms with Crippen molar-refractivity contribution in [1.82, 2.24) is 0 Å². The maximum atomic E-state index is 10.8. The lowest BCUT2D eigenvalue weighted by atomic mass is 10.3. The lowest BCUT2D eigenvalue weighted by molar-refractivity contribution is -0.907. The van der Waals surface area contributed by atoms with Crippen LogP contribution in [0.5, 0.6) is 0 Å². The summed E-state index contributed by atoms with van der Waals surface area (Å²) in [5, 5.41) is 34.7. The number of hydrogen-bond donors (Lipinski definition) is 4. The normalized spacial score (nSPS) is 11.0. The molecule has 0 heterocycles. The van der Waals surface area contributed by atoms with Gasteiger partial charge in [-0.05, 0) is 0 Å². The Bertz CT molecular complexity index is 351. The SMILES string of the molecule is O=C(O)COCC[N+](CC(=O)O)(CC(=O)O)CC(=O)O. The second-order valence-corrected chi connectivity index (χ2v) is 4.17. The molecule has 0 fully saturated rings. The molecule has 0 aliphatic heterocycles. The van der Waals surface area contributed by atoms with E-state index in [2.05, 4.69) is 0 Å². The minimum Gasteiger partial charge on any atom is -0.480 e. The van der Waals surface area contributed by atoms with Crippen molar-refractivity contribution in [1.29, 1.82) is 0 Å². The van der Waals surface area contributed by atoms with Crippen LogP contribution in [0.2, 0.25) is 0 Å². The summed E-state index contributed by atoms with van der Waals surface area (Å²) in [4.78, 5) is 42.6. The fourth-order valence-corrected chi connectivity index (χ4v) is 1.68. The van der Waals surface area contributed by atoms with Crippen molar-refractivity contribution in [3.8, 4) is 0 Å². The first-order valence-corrected chi connectivity index (χ1v) is 5.47. The van der Waals surface area contributed by atoms with Crippen molar-refractivity contribution < 1.29 is 48.8 Å². The smallest absolute Gasteiger partial charge is 0.359 e. The molecule has 10 heteroatoms. The molecule has 0 aromatic heterocycles. The van der Waals surface area contributed by atoms with E-state index in [0.717, 1.165) is 0 Å². The molecule has 0 saturated carbocycles. The number of ether oxygens (including phenoxy) is 1. The van der Waals surface area contributed by atoms with Gasteiger partial charge in [-0.2, -0.15) is 0 Å². The number of carbonyl (C=O) groups is 4. The molecule has 0 spiro atoms. The van der Waals surface area contributed by atoms with Crippen molar-refractivity contribution in [2.45, 2.75) is 0 Å². The Morgan fingerprint density at radius 3 is 1.45 bits per heavy atom. The molecule has 4 N–H and O–H groups in total. The quantitative estimate of drug-likeness (QED) is 0.253. The summed E-state index contributed by atoms with van der Waals surface area (Å²) in [6, 6.07) is 0. The molecule has 0 amide bonds. The molecule has 0 aliphatic carbocycles. The lowest BCUT2D eigenvalue weighted by Gasteiger charge is -2.33. The molecule has 0 bridgehead atoms. The number of carboxylic acids is 4. The van der Waals surface area contributed by atoms with Crippen LogP contribution in [0.15, 0.2) is 0 Å². The maximum Gasteiger partial charge on any atom is 0.359 e. The number of hydrogen-bond acceptors (Lipinski definition) is 5. The molecule has 114 valence electrons. The third kappa shape index (κ3) is 8.00. The Hall–Kier alpha value is -2.20. The monoisotopic (exact) mass is 294 g/mol. The highest BCUT2D eigenvalue weighted by Crippen LogP contribution is 2.07. The summed E-state index contributed by atoms with van der Waals surface area (Å²) in [6.07, 6.45) is 0. The van der Waals surface area contributed by atoms with Crippen LogP contribution in [0.4, 0.5) is 0 Å². The number of quaternary nitrogens is 1. The summed E-state index contributed by atoms with van der Waals surface area (Å²) >= 11 is 0. The molecule has 0 atom stereocenters. The van der Waals surface area contributed by atoms with Gasteiger partial charge in [0.15, 0.2) is 19.6 Å². The van der Waals surface area contributed by atoms with Crippen LogP contribution in [0.3, 0.4) is 0 Å². The fourth-order valence-electron chi connectivity index (χ4n) is 1.68. The van der Waals surface area contributed by atoms with Gasteiger partial charge in [0.2, 0.25) is 0 Å². The van der Waals surface area contributed by atoms with E-state index < -0.39 is 54.6 Å². The van der Waals surface area contributed by atoms with Crippen LogP contribution in [0.1, 0.15) is 0 Å². The Balaban J connectivity index is 4.85. The zero-order chi connectivity index (χ0) is 15.8. The van der Waals surface area contributed by atoms with Gasteiger partial charge in [-0.25, -0.2) is 19.2 Å². The average molecular weight is 294 g/mol. The predicted molar refractivity (Wildman–Crippen MR) is 61.1 cm³/mol. The highest BCUT2D eigenvalue weighted by Gasteiger charge is 2.35. The van der Waals surface area contributed by atoms with Gasteiger partial charge in [0.1, 0.15) is 13.2 Å². The minimum atomic E-state index is -1.36. The minimum absolute atomic E-state index is 0.238. The number of nitrogens with zero attached hydrogens (tertiary/aromatic N) is 1. The van der Waals surface area contributed by atoms with E-state index in [9.17, 15) is 19.2 Å². The fraction of sp³-hybridized carbons (Fsp3) is 0.600. The lowest BCUT2D eigenvalue weighted by Crippen LogP contribution is -2.58. The van der Waals surface area contributed by atoms with Gasteiger partial charge in [0, 0.05) is 0 Å². The largest absolute Gasteiger partial charge is 0.480 e. The predicted octanol–water partition coefficient (Wildman–Crippen LogP) is -1.84. The summed E-state index contributed by atoms with van der Waals surface area (Å²) in [7, 11) is 0. The Kier molecular flexibility index (Phi) is 7.18. The van der Waals surface area contributed by atoms with Crippen molar-refractivity contribution in [2.24, 2.45) is 0 Å². The van der Waals surface area contributed by atoms with E-state index in [1.54, 1.807) is 0 Å². The highest BCUT2D eigenvalue weighted by molar-refractivity contribution is 5.73. The molecule has 0 aliphatic rings. The van der Waals surface area contributed by atoms with Gasteiger partial charge in [-0.15, -0.1) is 0 Å². The van der Waals surface area contributed by atoms with Crippen molar-refractivity contribution in [2.75, 3.05) is 39.4 Å². The summed E-state index contributed by atoms with van der Waals surface area (Å²) < 4.78 is 3.94. The molecule has 0 aromatic rings. The zero-order valence-electron chi connectivity index (χ0n) is 10.5. The van der Waals surface area contributed by atoms with E-state index in [0.29, 0.717) is 0 Å². The molecular weight excluding hydrogens is 278 g/mol. The van der Waals surface area contributed by atoms with Gasteiger partial charge in [-0.1, -0.05) is 0 Å². The van der Waals surface area contributed by atoms with Crippen molar-refractivity contribution >= 4 is 23.9 Å². The van der Waals surface area contributed by atoms with Gasteiger partial charge in [0.05, 0.1) is 6.61 Å². The maximum absolute atomic E-state index is 10.8. The van der Waals surface area contributed by atoms with E-state index >= 15 is 0 Å². The summed E-state index contributed by atoms with van der Waals surface area (Å²) in [5.74, 6) is -5.31. The molecular formula is C10H16NO9+.